The molecule has 1 amide bonds. The van der Waals surface area contributed by atoms with Crippen LogP contribution in [0.2, 0.25) is 0 Å². The van der Waals surface area contributed by atoms with Gasteiger partial charge in [0.1, 0.15) is 35.8 Å². The summed E-state index contributed by atoms with van der Waals surface area (Å²) in [5.41, 5.74) is 1.99. The number of fused-ring (bicyclic) bond motifs is 3. The average Bonchev–Trinajstić information content (AvgIpc) is 3.38. The fourth-order valence-corrected chi connectivity index (χ4v) is 4.91. The first-order chi connectivity index (χ1) is 15.2. The smallest absolute Gasteiger partial charge is 0.246 e. The topological polar surface area (TPSA) is 94.8 Å². The van der Waals surface area contributed by atoms with Crippen molar-refractivity contribution in [3.8, 4) is 5.88 Å². The van der Waals surface area contributed by atoms with Gasteiger partial charge in [0, 0.05) is 4.88 Å². The first kappa shape index (κ1) is 19.6. The molecule has 1 N–H and O–H groups in total. The van der Waals surface area contributed by atoms with Gasteiger partial charge in [0.2, 0.25) is 11.8 Å². The average molecular weight is 438 g/mol. The molecular formula is C21H19FN6O2S. The van der Waals surface area contributed by atoms with Gasteiger partial charge in [-0.1, -0.05) is 17.3 Å². The van der Waals surface area contributed by atoms with Gasteiger partial charge in [-0.2, -0.15) is 0 Å². The zero-order chi connectivity index (χ0) is 21.2. The molecule has 5 rings (SSSR count). The lowest BCUT2D eigenvalue weighted by molar-refractivity contribution is -0.116. The van der Waals surface area contributed by atoms with E-state index in [0.29, 0.717) is 11.6 Å². The van der Waals surface area contributed by atoms with E-state index in [2.05, 4.69) is 25.6 Å². The molecule has 0 fully saturated rings. The number of benzene rings is 1. The molecule has 0 saturated heterocycles. The van der Waals surface area contributed by atoms with Crippen molar-refractivity contribution < 1.29 is 13.9 Å². The monoisotopic (exact) mass is 438 g/mol. The van der Waals surface area contributed by atoms with Crippen LogP contribution in [0, 0.1) is 5.82 Å². The number of carbonyl (C=O) groups is 1. The number of ether oxygens (including phenoxy) is 1. The lowest BCUT2D eigenvalue weighted by Gasteiger charge is -2.11. The van der Waals surface area contributed by atoms with Crippen LogP contribution >= 0.6 is 11.3 Å². The minimum Gasteiger partial charge on any atom is -0.470 e. The van der Waals surface area contributed by atoms with Gasteiger partial charge >= 0.3 is 0 Å². The summed E-state index contributed by atoms with van der Waals surface area (Å²) in [4.78, 5) is 23.2. The number of nitrogens with zero attached hydrogens (tertiary/aromatic N) is 5. The summed E-state index contributed by atoms with van der Waals surface area (Å²) in [6, 6.07) is 6.00. The molecule has 0 atom stereocenters. The molecule has 1 aliphatic carbocycles. The van der Waals surface area contributed by atoms with Crippen molar-refractivity contribution in [1.29, 1.82) is 0 Å². The fraction of sp³-hybridized carbons (Fsp3) is 0.286. The van der Waals surface area contributed by atoms with Gasteiger partial charge < -0.3 is 10.1 Å². The maximum atomic E-state index is 13.7. The van der Waals surface area contributed by atoms with Crippen LogP contribution in [0.3, 0.4) is 0 Å². The number of aromatic nitrogens is 5. The highest BCUT2D eigenvalue weighted by atomic mass is 32.1. The van der Waals surface area contributed by atoms with E-state index in [-0.39, 0.29) is 18.8 Å². The van der Waals surface area contributed by atoms with Crippen molar-refractivity contribution in [2.75, 3.05) is 5.32 Å². The summed E-state index contributed by atoms with van der Waals surface area (Å²) in [5.74, 6) is -0.337. The van der Waals surface area contributed by atoms with Crippen molar-refractivity contribution in [1.82, 2.24) is 25.0 Å². The number of hydrogen-bond acceptors (Lipinski definition) is 7. The van der Waals surface area contributed by atoms with Crippen LogP contribution in [0.5, 0.6) is 5.88 Å². The molecule has 0 aliphatic heterocycles. The van der Waals surface area contributed by atoms with E-state index in [4.69, 9.17) is 4.74 Å². The fourth-order valence-electron chi connectivity index (χ4n) is 3.69. The number of nitrogens with one attached hydrogen (secondary N) is 1. The first-order valence-electron chi connectivity index (χ1n) is 9.99. The number of anilines is 1. The maximum absolute atomic E-state index is 13.7. The highest BCUT2D eigenvalue weighted by Gasteiger charge is 2.21. The molecule has 1 aliphatic rings. The Bertz CT molecular complexity index is 1250. The second-order valence-electron chi connectivity index (χ2n) is 7.29. The standard InChI is InChI=1S/C21H19FN6O2S/c22-15-6-2-3-7-16(15)25-18(29)10-28-9-13(26-27-28)11-30-20-19-14-5-1-4-8-17(14)31-21(19)24-12-23-20/h2-3,6-7,9,12H,1,4-5,8,10-11H2,(H,25,29). The van der Waals surface area contributed by atoms with Crippen LogP contribution in [0.15, 0.2) is 36.8 Å². The summed E-state index contributed by atoms with van der Waals surface area (Å²) >= 11 is 1.71. The molecule has 0 radical (unpaired) electrons. The zero-order valence-corrected chi connectivity index (χ0v) is 17.4. The number of rotatable bonds is 6. The van der Waals surface area contributed by atoms with E-state index in [0.717, 1.165) is 29.5 Å². The van der Waals surface area contributed by atoms with Gasteiger partial charge in [-0.15, -0.1) is 16.4 Å². The molecule has 158 valence electrons. The molecule has 0 spiro atoms. The number of para-hydroxylation sites is 1. The molecule has 0 saturated carbocycles. The van der Waals surface area contributed by atoms with Gasteiger partial charge in [-0.05, 0) is 43.4 Å². The molecule has 31 heavy (non-hydrogen) atoms. The van der Waals surface area contributed by atoms with Crippen molar-refractivity contribution in [2.45, 2.75) is 38.8 Å². The molecule has 8 nitrogen and oxygen atoms in total. The Morgan fingerprint density at radius 1 is 1.23 bits per heavy atom. The predicted molar refractivity (Wildman–Crippen MR) is 113 cm³/mol. The summed E-state index contributed by atoms with van der Waals surface area (Å²) in [6.45, 7) is 0.0861. The van der Waals surface area contributed by atoms with Crippen LogP contribution in [0.25, 0.3) is 10.2 Å². The number of amides is 1. The Hall–Kier alpha value is -3.40. The third-order valence-electron chi connectivity index (χ3n) is 5.11. The first-order valence-corrected chi connectivity index (χ1v) is 10.8. The lowest BCUT2D eigenvalue weighted by atomic mass is 9.97. The van der Waals surface area contributed by atoms with E-state index in [1.165, 1.54) is 40.0 Å². The highest BCUT2D eigenvalue weighted by Crippen LogP contribution is 2.39. The van der Waals surface area contributed by atoms with Crippen LogP contribution < -0.4 is 10.1 Å². The summed E-state index contributed by atoms with van der Waals surface area (Å²) in [6.07, 6.45) is 7.62. The summed E-state index contributed by atoms with van der Waals surface area (Å²) < 4.78 is 21.0. The van der Waals surface area contributed by atoms with E-state index < -0.39 is 11.7 Å². The Morgan fingerprint density at radius 3 is 3.00 bits per heavy atom. The largest absolute Gasteiger partial charge is 0.470 e. The van der Waals surface area contributed by atoms with E-state index in [9.17, 15) is 9.18 Å². The van der Waals surface area contributed by atoms with Crippen molar-refractivity contribution in [3.05, 3.63) is 58.7 Å². The van der Waals surface area contributed by atoms with Gasteiger partial charge in [0.05, 0.1) is 17.3 Å². The van der Waals surface area contributed by atoms with Gasteiger partial charge in [0.25, 0.3) is 0 Å². The van der Waals surface area contributed by atoms with E-state index >= 15 is 0 Å². The lowest BCUT2D eigenvalue weighted by Crippen LogP contribution is -2.19. The van der Waals surface area contributed by atoms with Crippen LogP contribution in [0.4, 0.5) is 10.1 Å². The summed E-state index contributed by atoms with van der Waals surface area (Å²) in [5, 5.41) is 11.5. The number of halogens is 1. The SMILES string of the molecule is O=C(Cn1cc(COc2ncnc3sc4c(c23)CCCC4)nn1)Nc1ccccc1F. The second kappa shape index (κ2) is 8.38. The second-order valence-corrected chi connectivity index (χ2v) is 8.38. The van der Waals surface area contributed by atoms with Gasteiger partial charge in [0.15, 0.2) is 0 Å². The number of aryl methyl sites for hydroxylation is 2. The number of thiophene rings is 1. The van der Waals surface area contributed by atoms with Crippen LogP contribution in [-0.2, 0) is 30.8 Å². The van der Waals surface area contributed by atoms with Gasteiger partial charge in [-0.3, -0.25) is 4.79 Å². The Morgan fingerprint density at radius 2 is 2.10 bits per heavy atom. The minimum atomic E-state index is -0.490. The normalized spacial score (nSPS) is 13.2. The zero-order valence-electron chi connectivity index (χ0n) is 16.5. The number of hydrogen-bond donors (Lipinski definition) is 1. The molecule has 3 aromatic heterocycles. The Labute approximate surface area is 181 Å². The molecular weight excluding hydrogens is 419 g/mol. The van der Waals surface area contributed by atoms with Crippen molar-refractivity contribution >= 4 is 33.1 Å². The molecule has 10 heteroatoms. The molecule has 3 heterocycles. The van der Waals surface area contributed by atoms with Crippen LogP contribution in [0.1, 0.15) is 29.0 Å². The third kappa shape index (κ3) is 4.11. The third-order valence-corrected chi connectivity index (χ3v) is 6.31. The molecule has 1 aromatic carbocycles. The Balaban J connectivity index is 1.25. The minimum absolute atomic E-state index is 0.0862. The molecule has 0 bridgehead atoms. The molecule has 4 aromatic rings. The predicted octanol–water partition coefficient (Wildman–Crippen LogP) is 3.52. The van der Waals surface area contributed by atoms with E-state index in [1.54, 1.807) is 29.7 Å². The molecule has 0 unspecified atom stereocenters. The number of carbonyl (C=O) groups excluding carboxylic acids is 1. The van der Waals surface area contributed by atoms with Crippen molar-refractivity contribution in [2.24, 2.45) is 0 Å². The van der Waals surface area contributed by atoms with Crippen molar-refractivity contribution in [3.63, 3.8) is 0 Å². The van der Waals surface area contributed by atoms with E-state index in [1.807, 2.05) is 0 Å². The quantitative estimate of drug-likeness (QED) is 0.495. The maximum Gasteiger partial charge on any atom is 0.246 e. The van der Waals surface area contributed by atoms with Gasteiger partial charge in [-0.25, -0.2) is 19.0 Å². The summed E-state index contributed by atoms with van der Waals surface area (Å²) in [7, 11) is 0. The Kier molecular flexibility index (Phi) is 5.29. The highest BCUT2D eigenvalue weighted by molar-refractivity contribution is 7.18. The van der Waals surface area contributed by atoms with Crippen LogP contribution in [-0.4, -0.2) is 30.9 Å².